The Bertz CT molecular complexity index is 242. The molecule has 1 saturated heterocycles. The summed E-state index contributed by atoms with van der Waals surface area (Å²) in [6.07, 6.45) is 3.08. The summed E-state index contributed by atoms with van der Waals surface area (Å²) in [4.78, 5) is 2.42. The Balaban J connectivity index is 1.72. The summed E-state index contributed by atoms with van der Waals surface area (Å²) < 4.78 is 5.62. The summed E-state index contributed by atoms with van der Waals surface area (Å²) >= 11 is 0. The van der Waals surface area contributed by atoms with Crippen LogP contribution >= 0.6 is 0 Å². The molecule has 0 aromatic carbocycles. The van der Waals surface area contributed by atoms with Crippen molar-refractivity contribution in [3.8, 4) is 0 Å². The third-order valence-electron chi connectivity index (χ3n) is 4.27. The first-order valence-electron chi connectivity index (χ1n) is 7.36. The van der Waals surface area contributed by atoms with Gasteiger partial charge in [0.2, 0.25) is 0 Å². The normalized spacial score (nSPS) is 36.7. The van der Waals surface area contributed by atoms with Gasteiger partial charge >= 0.3 is 0 Å². The molecule has 0 aromatic rings. The summed E-state index contributed by atoms with van der Waals surface area (Å²) in [7, 11) is 2.20. The third-order valence-corrected chi connectivity index (χ3v) is 4.27. The molecule has 1 heterocycles. The maximum absolute atomic E-state index is 9.32. The van der Waals surface area contributed by atoms with E-state index < -0.39 is 0 Å². The van der Waals surface area contributed by atoms with Crippen LogP contribution in [0.2, 0.25) is 0 Å². The van der Waals surface area contributed by atoms with Crippen LogP contribution in [-0.2, 0) is 4.74 Å². The van der Waals surface area contributed by atoms with E-state index in [2.05, 4.69) is 24.2 Å². The molecule has 2 atom stereocenters. The van der Waals surface area contributed by atoms with Crippen LogP contribution < -0.4 is 5.32 Å². The van der Waals surface area contributed by atoms with Gasteiger partial charge in [-0.1, -0.05) is 6.92 Å². The molecule has 0 radical (unpaired) electrons. The van der Waals surface area contributed by atoms with Crippen LogP contribution in [0.4, 0.5) is 0 Å². The SMILES string of the molecule is CCNC1CCOCC1CN(C)CC1CC(O)C1. The standard InChI is InChI=1S/C14H28N2O2/c1-3-15-14-4-5-18-10-12(14)9-16(2)8-11-6-13(17)7-11/h11-15,17H,3-10H2,1-2H3. The Morgan fingerprint density at radius 1 is 1.33 bits per heavy atom. The van der Waals surface area contributed by atoms with Gasteiger partial charge in [0.05, 0.1) is 12.7 Å². The second-order valence-electron chi connectivity index (χ2n) is 6.00. The first-order chi connectivity index (χ1) is 8.69. The predicted octanol–water partition coefficient (Wildman–Crippen LogP) is 0.704. The fourth-order valence-electron chi connectivity index (χ4n) is 3.27. The van der Waals surface area contributed by atoms with Crippen LogP contribution in [0.15, 0.2) is 0 Å². The van der Waals surface area contributed by atoms with Gasteiger partial charge in [0.25, 0.3) is 0 Å². The zero-order valence-corrected chi connectivity index (χ0v) is 11.8. The van der Waals surface area contributed by atoms with Gasteiger partial charge in [0.1, 0.15) is 0 Å². The Morgan fingerprint density at radius 2 is 2.11 bits per heavy atom. The summed E-state index contributed by atoms with van der Waals surface area (Å²) in [6.45, 7) is 7.21. The van der Waals surface area contributed by atoms with Crippen LogP contribution in [0, 0.1) is 11.8 Å². The number of ether oxygens (including phenoxy) is 1. The first kappa shape index (κ1) is 14.3. The lowest BCUT2D eigenvalue weighted by Gasteiger charge is -2.38. The van der Waals surface area contributed by atoms with Gasteiger partial charge in [0.15, 0.2) is 0 Å². The lowest BCUT2D eigenvalue weighted by Crippen LogP contribution is -2.48. The van der Waals surface area contributed by atoms with Crippen LogP contribution in [-0.4, -0.2) is 62.0 Å². The largest absolute Gasteiger partial charge is 0.393 e. The number of rotatable bonds is 6. The Morgan fingerprint density at radius 3 is 2.78 bits per heavy atom. The first-order valence-corrected chi connectivity index (χ1v) is 7.36. The molecule has 1 aliphatic carbocycles. The number of nitrogens with one attached hydrogen (secondary N) is 1. The maximum Gasteiger partial charge on any atom is 0.0546 e. The van der Waals surface area contributed by atoms with Gasteiger partial charge in [-0.3, -0.25) is 0 Å². The molecule has 2 aliphatic rings. The molecule has 2 N–H and O–H groups in total. The quantitative estimate of drug-likeness (QED) is 0.734. The summed E-state index contributed by atoms with van der Waals surface area (Å²) in [5, 5.41) is 12.9. The van der Waals surface area contributed by atoms with E-state index in [4.69, 9.17) is 4.74 Å². The molecule has 2 fully saturated rings. The van der Waals surface area contributed by atoms with Crippen LogP contribution in [0.3, 0.4) is 0 Å². The predicted molar refractivity (Wildman–Crippen MR) is 72.6 cm³/mol. The van der Waals surface area contributed by atoms with Gasteiger partial charge in [0, 0.05) is 31.7 Å². The molecule has 4 nitrogen and oxygen atoms in total. The molecular weight excluding hydrogens is 228 g/mol. The van der Waals surface area contributed by atoms with Crippen LogP contribution in [0.25, 0.3) is 0 Å². The highest BCUT2D eigenvalue weighted by Gasteiger charge is 2.30. The second-order valence-corrected chi connectivity index (χ2v) is 6.00. The Hall–Kier alpha value is -0.160. The lowest BCUT2D eigenvalue weighted by molar-refractivity contribution is 0.00264. The van der Waals surface area contributed by atoms with Crippen molar-refractivity contribution in [3.05, 3.63) is 0 Å². The van der Waals surface area contributed by atoms with Gasteiger partial charge in [-0.25, -0.2) is 0 Å². The topological polar surface area (TPSA) is 44.7 Å². The highest BCUT2D eigenvalue weighted by Crippen LogP contribution is 2.28. The molecule has 4 heteroatoms. The van der Waals surface area contributed by atoms with Crippen molar-refractivity contribution in [2.24, 2.45) is 11.8 Å². The Labute approximate surface area is 111 Å². The molecule has 1 saturated carbocycles. The van der Waals surface area contributed by atoms with Crippen LogP contribution in [0.1, 0.15) is 26.2 Å². The number of aliphatic hydroxyl groups is 1. The van der Waals surface area contributed by atoms with Crippen molar-refractivity contribution in [2.75, 3.05) is 39.9 Å². The van der Waals surface area contributed by atoms with E-state index in [1.807, 2.05) is 0 Å². The van der Waals surface area contributed by atoms with Crippen molar-refractivity contribution < 1.29 is 9.84 Å². The number of nitrogens with zero attached hydrogens (tertiary/aromatic N) is 1. The lowest BCUT2D eigenvalue weighted by atomic mass is 9.82. The van der Waals surface area contributed by atoms with E-state index in [0.29, 0.717) is 17.9 Å². The fraction of sp³-hybridized carbons (Fsp3) is 1.00. The molecule has 0 bridgehead atoms. The molecule has 1 aliphatic heterocycles. The minimum absolute atomic E-state index is 0.0316. The molecule has 106 valence electrons. The highest BCUT2D eigenvalue weighted by molar-refractivity contribution is 4.84. The smallest absolute Gasteiger partial charge is 0.0546 e. The molecule has 2 unspecified atom stereocenters. The zero-order valence-electron chi connectivity index (χ0n) is 11.8. The average Bonchev–Trinajstić information content (AvgIpc) is 2.30. The van der Waals surface area contributed by atoms with E-state index in [9.17, 15) is 5.11 Å². The van der Waals surface area contributed by atoms with E-state index in [1.165, 1.54) is 0 Å². The summed E-state index contributed by atoms with van der Waals surface area (Å²) in [5.41, 5.74) is 0. The van der Waals surface area contributed by atoms with Gasteiger partial charge in [-0.2, -0.15) is 0 Å². The van der Waals surface area contributed by atoms with E-state index in [1.54, 1.807) is 0 Å². The number of aliphatic hydroxyl groups excluding tert-OH is 1. The molecule has 0 aromatic heterocycles. The van der Waals surface area contributed by atoms with E-state index in [-0.39, 0.29) is 6.10 Å². The van der Waals surface area contributed by atoms with Crippen molar-refractivity contribution in [1.82, 2.24) is 10.2 Å². The van der Waals surface area contributed by atoms with Gasteiger partial charge in [-0.05, 0) is 38.8 Å². The maximum atomic E-state index is 9.32. The summed E-state index contributed by atoms with van der Waals surface area (Å²) in [5.74, 6) is 1.31. The minimum Gasteiger partial charge on any atom is -0.393 e. The molecular formula is C14H28N2O2. The van der Waals surface area contributed by atoms with E-state index >= 15 is 0 Å². The van der Waals surface area contributed by atoms with Gasteiger partial charge in [-0.15, -0.1) is 0 Å². The van der Waals surface area contributed by atoms with Crippen LogP contribution in [0.5, 0.6) is 0 Å². The van der Waals surface area contributed by atoms with Crippen molar-refractivity contribution in [3.63, 3.8) is 0 Å². The molecule has 18 heavy (non-hydrogen) atoms. The highest BCUT2D eigenvalue weighted by atomic mass is 16.5. The van der Waals surface area contributed by atoms with E-state index in [0.717, 1.165) is 52.1 Å². The van der Waals surface area contributed by atoms with Gasteiger partial charge < -0.3 is 20.1 Å². The fourth-order valence-corrected chi connectivity index (χ4v) is 3.27. The number of hydrogen-bond donors (Lipinski definition) is 2. The molecule has 0 spiro atoms. The number of hydrogen-bond acceptors (Lipinski definition) is 4. The zero-order chi connectivity index (χ0) is 13.0. The monoisotopic (exact) mass is 256 g/mol. The average molecular weight is 256 g/mol. The molecule has 0 amide bonds. The summed E-state index contributed by atoms with van der Waals surface area (Å²) in [6, 6.07) is 0.609. The third kappa shape index (κ3) is 3.92. The van der Waals surface area contributed by atoms with Crippen molar-refractivity contribution >= 4 is 0 Å². The molecule has 2 rings (SSSR count). The Kier molecular flexibility index (Phi) is 5.42. The van der Waals surface area contributed by atoms with Crippen molar-refractivity contribution in [1.29, 1.82) is 0 Å². The second kappa shape index (κ2) is 6.85. The minimum atomic E-state index is -0.0316. The van der Waals surface area contributed by atoms with Crippen molar-refractivity contribution in [2.45, 2.75) is 38.3 Å².